The molecule has 33 heavy (non-hydrogen) atoms. The first-order chi connectivity index (χ1) is 15.9. The minimum atomic E-state index is -0.255. The Bertz CT molecular complexity index is 1260. The Morgan fingerprint density at radius 3 is 2.64 bits per heavy atom. The molecule has 0 unspecified atom stereocenters. The maximum absolute atomic E-state index is 12.9. The Morgan fingerprint density at radius 2 is 1.88 bits per heavy atom. The first kappa shape index (κ1) is 23.0. The van der Waals surface area contributed by atoms with Gasteiger partial charge in [0.25, 0.3) is 11.8 Å². The molecule has 1 aliphatic rings. The van der Waals surface area contributed by atoms with Gasteiger partial charge in [0.1, 0.15) is 5.75 Å². The zero-order chi connectivity index (χ0) is 23.4. The molecule has 0 aromatic heterocycles. The van der Waals surface area contributed by atoms with Crippen LogP contribution in [0.5, 0.6) is 5.75 Å². The summed E-state index contributed by atoms with van der Waals surface area (Å²) in [5, 5.41) is 3.40. The van der Waals surface area contributed by atoms with E-state index in [0.717, 1.165) is 16.8 Å². The van der Waals surface area contributed by atoms with E-state index in [-0.39, 0.29) is 18.4 Å². The van der Waals surface area contributed by atoms with Gasteiger partial charge in [-0.25, -0.2) is 0 Å². The number of nitrogens with one attached hydrogen (secondary N) is 1. The molecular formula is C25H19ClN2O3S2. The van der Waals surface area contributed by atoms with Crippen LogP contribution in [0.25, 0.3) is 6.08 Å². The van der Waals surface area contributed by atoms with E-state index in [9.17, 15) is 9.59 Å². The van der Waals surface area contributed by atoms with Gasteiger partial charge in [-0.1, -0.05) is 59.8 Å². The number of hydrogen-bond donors (Lipinski definition) is 1. The lowest BCUT2D eigenvalue weighted by molar-refractivity contribution is -0.118. The van der Waals surface area contributed by atoms with Crippen LogP contribution >= 0.6 is 35.6 Å². The molecule has 0 radical (unpaired) electrons. The van der Waals surface area contributed by atoms with Gasteiger partial charge >= 0.3 is 0 Å². The Hall–Kier alpha value is -3.13. The highest BCUT2D eigenvalue weighted by Crippen LogP contribution is 2.36. The Labute approximate surface area is 206 Å². The van der Waals surface area contributed by atoms with Crippen LogP contribution in [0.1, 0.15) is 11.1 Å². The van der Waals surface area contributed by atoms with Crippen molar-refractivity contribution in [3.05, 3.63) is 93.9 Å². The van der Waals surface area contributed by atoms with Gasteiger partial charge in [0.05, 0.1) is 10.6 Å². The Kier molecular flexibility index (Phi) is 7.13. The lowest BCUT2D eigenvalue weighted by atomic mass is 10.2. The van der Waals surface area contributed by atoms with E-state index in [4.69, 9.17) is 28.6 Å². The summed E-state index contributed by atoms with van der Waals surface area (Å²) in [5.74, 6) is 0.0716. The van der Waals surface area contributed by atoms with Gasteiger partial charge in [0, 0.05) is 10.7 Å². The summed E-state index contributed by atoms with van der Waals surface area (Å²) in [5.41, 5.74) is 3.22. The Morgan fingerprint density at radius 1 is 1.12 bits per heavy atom. The molecule has 166 valence electrons. The predicted molar refractivity (Wildman–Crippen MR) is 139 cm³/mol. The molecule has 4 rings (SSSR count). The van der Waals surface area contributed by atoms with Crippen LogP contribution < -0.4 is 15.0 Å². The van der Waals surface area contributed by atoms with Crippen LogP contribution in [0.3, 0.4) is 0 Å². The maximum atomic E-state index is 12.9. The van der Waals surface area contributed by atoms with Crippen LogP contribution in [0.4, 0.5) is 11.4 Å². The fourth-order valence-corrected chi connectivity index (χ4v) is 4.62. The summed E-state index contributed by atoms with van der Waals surface area (Å²) in [7, 11) is 0. The van der Waals surface area contributed by atoms with Crippen LogP contribution in [0.15, 0.2) is 77.7 Å². The van der Waals surface area contributed by atoms with Crippen molar-refractivity contribution in [2.75, 3.05) is 16.8 Å². The SMILES string of the molecule is Cc1cccc(NC(=O)COc2cccc(/C=C3\SC(=S)N(c4ccc(Cl)cc4)C3=O)c2)c1. The molecule has 3 aromatic rings. The predicted octanol–water partition coefficient (Wildman–Crippen LogP) is 6.07. The smallest absolute Gasteiger partial charge is 0.270 e. The van der Waals surface area contributed by atoms with Gasteiger partial charge < -0.3 is 10.1 Å². The third-order valence-corrected chi connectivity index (χ3v) is 6.26. The number of thiocarbonyl (C=S) groups is 1. The third kappa shape index (κ3) is 5.82. The number of rotatable bonds is 6. The minimum absolute atomic E-state index is 0.129. The molecule has 0 saturated carbocycles. The summed E-state index contributed by atoms with van der Waals surface area (Å²) < 4.78 is 6.10. The standard InChI is InChI=1S/C25H19ClN2O3S2/c1-16-4-2-6-19(12-16)27-23(29)15-31-21-7-3-5-17(13-21)14-22-24(30)28(25(32)33-22)20-10-8-18(26)9-11-20/h2-14H,15H2,1H3,(H,27,29)/b22-14-. The number of benzene rings is 3. The fourth-order valence-electron chi connectivity index (χ4n) is 3.19. The average Bonchev–Trinajstić information content (AvgIpc) is 3.06. The zero-order valence-corrected chi connectivity index (χ0v) is 20.0. The number of anilines is 2. The third-order valence-electron chi connectivity index (χ3n) is 4.71. The first-order valence-electron chi connectivity index (χ1n) is 10.0. The molecule has 1 heterocycles. The van der Waals surface area contributed by atoms with Crippen LogP contribution in [0.2, 0.25) is 5.02 Å². The maximum Gasteiger partial charge on any atom is 0.270 e. The number of amides is 2. The number of nitrogens with zero attached hydrogens (tertiary/aromatic N) is 1. The average molecular weight is 495 g/mol. The van der Waals surface area contributed by atoms with Gasteiger partial charge in [0.15, 0.2) is 10.9 Å². The van der Waals surface area contributed by atoms with E-state index in [1.54, 1.807) is 48.5 Å². The van der Waals surface area contributed by atoms with Gasteiger partial charge in [-0.3, -0.25) is 14.5 Å². The molecule has 5 nitrogen and oxygen atoms in total. The highest BCUT2D eigenvalue weighted by Gasteiger charge is 2.33. The second-order valence-electron chi connectivity index (χ2n) is 7.27. The van der Waals surface area contributed by atoms with Crippen molar-refractivity contribution in [2.24, 2.45) is 0 Å². The summed E-state index contributed by atoms with van der Waals surface area (Å²) in [6.45, 7) is 1.83. The van der Waals surface area contributed by atoms with E-state index < -0.39 is 0 Å². The van der Waals surface area contributed by atoms with Gasteiger partial charge in [-0.05, 0) is 72.7 Å². The van der Waals surface area contributed by atoms with E-state index in [1.807, 2.05) is 37.3 Å². The van der Waals surface area contributed by atoms with Crippen LogP contribution in [0, 0.1) is 6.92 Å². The van der Waals surface area contributed by atoms with Gasteiger partial charge in [0.2, 0.25) is 0 Å². The molecule has 3 aromatic carbocycles. The first-order valence-corrected chi connectivity index (χ1v) is 11.6. The zero-order valence-electron chi connectivity index (χ0n) is 17.6. The number of halogens is 1. The topological polar surface area (TPSA) is 58.6 Å². The number of carbonyl (C=O) groups is 2. The monoisotopic (exact) mass is 494 g/mol. The highest BCUT2D eigenvalue weighted by atomic mass is 35.5. The summed E-state index contributed by atoms with van der Waals surface area (Å²) in [6.07, 6.45) is 1.76. The number of carbonyl (C=O) groups excluding carboxylic acids is 2. The molecular weight excluding hydrogens is 476 g/mol. The summed E-state index contributed by atoms with van der Waals surface area (Å²) >= 11 is 12.6. The van der Waals surface area contributed by atoms with Gasteiger partial charge in [-0.2, -0.15) is 0 Å². The van der Waals surface area contributed by atoms with Crippen molar-refractivity contribution in [3.8, 4) is 5.75 Å². The van der Waals surface area contributed by atoms with Crippen molar-refractivity contribution in [1.82, 2.24) is 0 Å². The lowest BCUT2D eigenvalue weighted by Crippen LogP contribution is -2.27. The summed E-state index contributed by atoms with van der Waals surface area (Å²) in [4.78, 5) is 27.1. The van der Waals surface area contributed by atoms with Crippen LogP contribution in [-0.4, -0.2) is 22.7 Å². The number of aryl methyl sites for hydroxylation is 1. The molecule has 0 spiro atoms. The van der Waals surface area contributed by atoms with Crippen LogP contribution in [-0.2, 0) is 9.59 Å². The normalized spacial score (nSPS) is 14.6. The molecule has 8 heteroatoms. The second kappa shape index (κ2) is 10.2. The largest absolute Gasteiger partial charge is 0.484 e. The number of ether oxygens (including phenoxy) is 1. The quantitative estimate of drug-likeness (QED) is 0.333. The van der Waals surface area contributed by atoms with E-state index in [1.165, 1.54) is 16.7 Å². The summed E-state index contributed by atoms with van der Waals surface area (Å²) in [6, 6.07) is 21.7. The number of hydrogen-bond acceptors (Lipinski definition) is 5. The Balaban J connectivity index is 1.42. The molecule has 1 N–H and O–H groups in total. The van der Waals surface area contributed by atoms with Crippen molar-refractivity contribution in [2.45, 2.75) is 6.92 Å². The van der Waals surface area contributed by atoms with Crippen molar-refractivity contribution >= 4 is 69.2 Å². The van der Waals surface area contributed by atoms with E-state index >= 15 is 0 Å². The molecule has 0 aliphatic carbocycles. The molecule has 1 aliphatic heterocycles. The minimum Gasteiger partial charge on any atom is -0.484 e. The van der Waals surface area contributed by atoms with Crippen molar-refractivity contribution < 1.29 is 14.3 Å². The lowest BCUT2D eigenvalue weighted by Gasteiger charge is -2.14. The van der Waals surface area contributed by atoms with Gasteiger partial charge in [-0.15, -0.1) is 0 Å². The van der Waals surface area contributed by atoms with Crippen molar-refractivity contribution in [1.29, 1.82) is 0 Å². The molecule has 1 fully saturated rings. The molecule has 0 bridgehead atoms. The number of thioether (sulfide) groups is 1. The second-order valence-corrected chi connectivity index (χ2v) is 9.38. The highest BCUT2D eigenvalue weighted by molar-refractivity contribution is 8.27. The fraction of sp³-hybridized carbons (Fsp3) is 0.0800. The van der Waals surface area contributed by atoms with E-state index in [2.05, 4.69) is 5.32 Å². The molecule has 0 atom stereocenters. The molecule has 1 saturated heterocycles. The van der Waals surface area contributed by atoms with E-state index in [0.29, 0.717) is 25.7 Å². The molecule has 2 amide bonds. The van der Waals surface area contributed by atoms with Crippen molar-refractivity contribution in [3.63, 3.8) is 0 Å².